The number of ether oxygens (including phenoxy) is 2. The van der Waals surface area contributed by atoms with Crippen LogP contribution in [0.25, 0.3) is 0 Å². The zero-order valence-corrected chi connectivity index (χ0v) is 21.8. The minimum absolute atomic E-state index is 0.0280. The molecule has 1 saturated heterocycles. The van der Waals surface area contributed by atoms with Crippen molar-refractivity contribution in [3.8, 4) is 5.75 Å². The topological polar surface area (TPSA) is 88.2 Å². The Balaban J connectivity index is 1.59. The fraction of sp³-hybridized carbons (Fsp3) is 0.222. The quantitative estimate of drug-likeness (QED) is 0.441. The van der Waals surface area contributed by atoms with E-state index in [-0.39, 0.29) is 32.8 Å². The lowest BCUT2D eigenvalue weighted by molar-refractivity contribution is 0.0600. The van der Waals surface area contributed by atoms with E-state index in [0.29, 0.717) is 43.1 Å². The molecule has 0 aliphatic carbocycles. The maximum Gasteiger partial charge on any atom is 0.337 e. The first-order chi connectivity index (χ1) is 17.8. The molecule has 0 unspecified atom stereocenters. The molecule has 0 atom stereocenters. The average Bonchev–Trinajstić information content (AvgIpc) is 2.92. The molecule has 3 aromatic rings. The van der Waals surface area contributed by atoms with Gasteiger partial charge in [0, 0.05) is 36.8 Å². The van der Waals surface area contributed by atoms with Crippen molar-refractivity contribution in [2.24, 2.45) is 0 Å². The number of carbonyl (C=O) groups excluding carboxylic acids is 3. The second-order valence-electron chi connectivity index (χ2n) is 8.29. The fourth-order valence-electron chi connectivity index (χ4n) is 4.20. The third kappa shape index (κ3) is 5.81. The standard InChI is InChI=1S/C27H25Cl2N3O5/c1-36-24-20(15-19(28)16-21(24)29)25(33)30-22-14-18(27(35)37-2)8-9-23(22)31-10-12-32(13-11-31)26(34)17-6-4-3-5-7-17/h3-9,14-16H,10-13H2,1-2H3,(H,30,33). The van der Waals surface area contributed by atoms with Crippen molar-refractivity contribution in [2.75, 3.05) is 50.6 Å². The smallest absolute Gasteiger partial charge is 0.337 e. The number of halogens is 2. The first kappa shape index (κ1) is 26.3. The lowest BCUT2D eigenvalue weighted by Crippen LogP contribution is -2.49. The number of carbonyl (C=O) groups is 3. The van der Waals surface area contributed by atoms with E-state index in [0.717, 1.165) is 0 Å². The van der Waals surface area contributed by atoms with Gasteiger partial charge in [-0.15, -0.1) is 0 Å². The highest BCUT2D eigenvalue weighted by Crippen LogP contribution is 2.34. The van der Waals surface area contributed by atoms with Crippen LogP contribution < -0.4 is 15.0 Å². The molecule has 0 saturated carbocycles. The molecule has 4 rings (SSSR count). The largest absolute Gasteiger partial charge is 0.494 e. The van der Waals surface area contributed by atoms with Gasteiger partial charge in [-0.05, 0) is 42.5 Å². The van der Waals surface area contributed by atoms with Crippen molar-refractivity contribution in [3.63, 3.8) is 0 Å². The van der Waals surface area contributed by atoms with Gasteiger partial charge in [-0.1, -0.05) is 41.4 Å². The monoisotopic (exact) mass is 541 g/mol. The SMILES string of the molecule is COC(=O)c1ccc(N2CCN(C(=O)c3ccccc3)CC2)c(NC(=O)c2cc(Cl)cc(Cl)c2OC)c1. The van der Waals surface area contributed by atoms with E-state index in [2.05, 4.69) is 5.32 Å². The summed E-state index contributed by atoms with van der Waals surface area (Å²) in [4.78, 5) is 42.2. The van der Waals surface area contributed by atoms with Crippen LogP contribution in [0.5, 0.6) is 5.75 Å². The fourth-order valence-corrected chi connectivity index (χ4v) is 4.77. The van der Waals surface area contributed by atoms with Gasteiger partial charge in [0.1, 0.15) is 5.75 Å². The maximum absolute atomic E-state index is 13.3. The van der Waals surface area contributed by atoms with Crippen LogP contribution in [0.4, 0.5) is 11.4 Å². The zero-order valence-electron chi connectivity index (χ0n) is 20.3. The molecule has 1 aliphatic rings. The summed E-state index contributed by atoms with van der Waals surface area (Å²) in [6.45, 7) is 2.06. The average molecular weight is 542 g/mol. The number of rotatable bonds is 6. The van der Waals surface area contributed by atoms with Crippen LogP contribution in [0.3, 0.4) is 0 Å². The number of hydrogen-bond acceptors (Lipinski definition) is 6. The van der Waals surface area contributed by atoms with Crippen LogP contribution in [0.1, 0.15) is 31.1 Å². The van der Waals surface area contributed by atoms with Gasteiger partial charge in [0.25, 0.3) is 11.8 Å². The molecule has 37 heavy (non-hydrogen) atoms. The second kappa shape index (κ2) is 11.5. The van der Waals surface area contributed by atoms with Crippen LogP contribution in [-0.2, 0) is 4.74 Å². The lowest BCUT2D eigenvalue weighted by atomic mass is 10.1. The lowest BCUT2D eigenvalue weighted by Gasteiger charge is -2.37. The van der Waals surface area contributed by atoms with Gasteiger partial charge in [-0.3, -0.25) is 9.59 Å². The predicted molar refractivity (Wildman–Crippen MR) is 143 cm³/mol. The normalized spacial score (nSPS) is 13.2. The van der Waals surface area contributed by atoms with Crippen LogP contribution in [0, 0.1) is 0 Å². The Hall–Kier alpha value is -3.75. The van der Waals surface area contributed by atoms with E-state index in [1.54, 1.807) is 35.2 Å². The molecule has 0 bridgehead atoms. The highest BCUT2D eigenvalue weighted by atomic mass is 35.5. The Kier molecular flexibility index (Phi) is 8.21. The van der Waals surface area contributed by atoms with Crippen molar-refractivity contribution >= 4 is 52.4 Å². The Morgan fingerprint density at radius 2 is 1.57 bits per heavy atom. The molecule has 192 valence electrons. The van der Waals surface area contributed by atoms with E-state index in [1.165, 1.54) is 26.4 Å². The summed E-state index contributed by atoms with van der Waals surface area (Å²) >= 11 is 12.3. The van der Waals surface area contributed by atoms with E-state index < -0.39 is 11.9 Å². The minimum Gasteiger partial charge on any atom is -0.494 e. The Morgan fingerprint density at radius 1 is 0.865 bits per heavy atom. The van der Waals surface area contributed by atoms with Crippen molar-refractivity contribution < 1.29 is 23.9 Å². The zero-order chi connectivity index (χ0) is 26.5. The molecule has 0 aromatic heterocycles. The van der Waals surface area contributed by atoms with Crippen LogP contribution in [-0.4, -0.2) is 63.1 Å². The minimum atomic E-state index is -0.538. The molecule has 1 aliphatic heterocycles. The number of benzene rings is 3. The van der Waals surface area contributed by atoms with Crippen molar-refractivity contribution in [1.82, 2.24) is 4.90 Å². The number of nitrogens with one attached hydrogen (secondary N) is 1. The highest BCUT2D eigenvalue weighted by Gasteiger charge is 2.25. The van der Waals surface area contributed by atoms with Crippen molar-refractivity contribution in [1.29, 1.82) is 0 Å². The van der Waals surface area contributed by atoms with Gasteiger partial charge in [0.2, 0.25) is 0 Å². The molecule has 0 spiro atoms. The molecule has 2 amide bonds. The van der Waals surface area contributed by atoms with Crippen LogP contribution >= 0.6 is 23.2 Å². The van der Waals surface area contributed by atoms with Crippen LogP contribution in [0.15, 0.2) is 60.7 Å². The number of anilines is 2. The Morgan fingerprint density at radius 3 is 2.22 bits per heavy atom. The third-order valence-corrected chi connectivity index (χ3v) is 6.55. The van der Waals surface area contributed by atoms with Gasteiger partial charge < -0.3 is 24.6 Å². The Labute approximate surface area is 224 Å². The summed E-state index contributed by atoms with van der Waals surface area (Å²) in [7, 11) is 2.70. The number of esters is 1. The van der Waals surface area contributed by atoms with E-state index in [1.807, 2.05) is 23.1 Å². The summed E-state index contributed by atoms with van der Waals surface area (Å²) in [5, 5.41) is 3.34. The molecule has 1 fully saturated rings. The number of hydrogen-bond donors (Lipinski definition) is 1. The van der Waals surface area contributed by atoms with Gasteiger partial charge >= 0.3 is 5.97 Å². The highest BCUT2D eigenvalue weighted by molar-refractivity contribution is 6.36. The van der Waals surface area contributed by atoms with Crippen molar-refractivity contribution in [2.45, 2.75) is 0 Å². The Bertz CT molecular complexity index is 1330. The number of piperazine rings is 1. The third-order valence-electron chi connectivity index (χ3n) is 6.05. The molecule has 1 N–H and O–H groups in total. The molecule has 0 radical (unpaired) electrons. The molecule has 10 heteroatoms. The van der Waals surface area contributed by atoms with Gasteiger partial charge in [0.15, 0.2) is 0 Å². The molecular weight excluding hydrogens is 517 g/mol. The number of nitrogens with zero attached hydrogens (tertiary/aromatic N) is 2. The number of amides is 2. The van der Waals surface area contributed by atoms with Gasteiger partial charge in [-0.2, -0.15) is 0 Å². The molecule has 3 aromatic carbocycles. The van der Waals surface area contributed by atoms with Gasteiger partial charge in [0.05, 0.1) is 41.7 Å². The number of methoxy groups -OCH3 is 2. The first-order valence-electron chi connectivity index (χ1n) is 11.5. The van der Waals surface area contributed by atoms with Gasteiger partial charge in [-0.25, -0.2) is 4.79 Å². The summed E-state index contributed by atoms with van der Waals surface area (Å²) < 4.78 is 10.2. The summed E-state index contributed by atoms with van der Waals surface area (Å²) in [5.41, 5.74) is 2.15. The summed E-state index contributed by atoms with van der Waals surface area (Å²) in [5.74, 6) is -0.895. The van der Waals surface area contributed by atoms with E-state index >= 15 is 0 Å². The van der Waals surface area contributed by atoms with E-state index in [4.69, 9.17) is 32.7 Å². The summed E-state index contributed by atoms with van der Waals surface area (Å²) in [6.07, 6.45) is 0. The van der Waals surface area contributed by atoms with E-state index in [9.17, 15) is 14.4 Å². The molecule has 8 nitrogen and oxygen atoms in total. The second-order valence-corrected chi connectivity index (χ2v) is 9.13. The molecule has 1 heterocycles. The summed E-state index contributed by atoms with van der Waals surface area (Å²) in [6, 6.07) is 17.0. The maximum atomic E-state index is 13.3. The van der Waals surface area contributed by atoms with Crippen molar-refractivity contribution in [3.05, 3.63) is 87.4 Å². The first-order valence-corrected chi connectivity index (χ1v) is 12.2. The molecular formula is C27H25Cl2N3O5. The van der Waals surface area contributed by atoms with Crippen LogP contribution in [0.2, 0.25) is 10.0 Å². The predicted octanol–water partition coefficient (Wildman–Crippen LogP) is 5.00.